The van der Waals surface area contributed by atoms with E-state index in [0.29, 0.717) is 6.54 Å². The fourth-order valence-electron chi connectivity index (χ4n) is 0.866. The van der Waals surface area contributed by atoms with Crippen molar-refractivity contribution in [2.75, 3.05) is 13.6 Å². The first-order chi connectivity index (χ1) is 4.88. The highest BCUT2D eigenvalue weighted by Gasteiger charge is 2.07. The largest absolute Gasteiger partial charge is 0.468 e. The summed E-state index contributed by atoms with van der Waals surface area (Å²) in [6, 6.07) is 3.92. The van der Waals surface area contributed by atoms with Crippen molar-refractivity contribution >= 4 is 0 Å². The van der Waals surface area contributed by atoms with Crippen molar-refractivity contribution in [3.63, 3.8) is 0 Å². The molecule has 0 aliphatic rings. The van der Waals surface area contributed by atoms with Crippen LogP contribution in [0.3, 0.4) is 0 Å². The second-order valence-corrected chi connectivity index (χ2v) is 2.09. The molecule has 0 spiro atoms. The normalized spacial score (nSPS) is 13.4. The van der Waals surface area contributed by atoms with Gasteiger partial charge in [0.2, 0.25) is 0 Å². The fourth-order valence-corrected chi connectivity index (χ4v) is 0.866. The van der Waals surface area contributed by atoms with E-state index in [0.717, 1.165) is 5.76 Å². The van der Waals surface area contributed by atoms with Crippen LogP contribution >= 0.6 is 0 Å². The minimum Gasteiger partial charge on any atom is -0.468 e. The van der Waals surface area contributed by atoms with Gasteiger partial charge in [-0.2, -0.15) is 0 Å². The number of nitrogens with two attached hydrogens (primary N) is 1. The molecule has 0 fully saturated rings. The zero-order valence-corrected chi connectivity index (χ0v) is 6.00. The van der Waals surface area contributed by atoms with Crippen LogP contribution in [0.1, 0.15) is 11.8 Å². The first-order valence-corrected chi connectivity index (χ1v) is 3.29. The third-order valence-electron chi connectivity index (χ3n) is 1.47. The maximum Gasteiger partial charge on any atom is 0.121 e. The molecular weight excluding hydrogens is 128 g/mol. The van der Waals surface area contributed by atoms with Crippen molar-refractivity contribution in [2.24, 2.45) is 5.73 Å². The molecule has 0 aliphatic heterocycles. The van der Waals surface area contributed by atoms with Gasteiger partial charge in [-0.1, -0.05) is 0 Å². The predicted octanol–water partition coefficient (Wildman–Crippen LogP) is 0.499. The lowest BCUT2D eigenvalue weighted by molar-refractivity contribution is 0.436. The van der Waals surface area contributed by atoms with Crippen LogP contribution in [-0.4, -0.2) is 13.6 Å². The maximum atomic E-state index is 5.45. The Labute approximate surface area is 60.2 Å². The van der Waals surface area contributed by atoms with Gasteiger partial charge in [-0.25, -0.2) is 0 Å². The van der Waals surface area contributed by atoms with Gasteiger partial charge in [0.15, 0.2) is 0 Å². The lowest BCUT2D eigenvalue weighted by Crippen LogP contribution is -2.24. The molecular formula is C7H12N2O. The third-order valence-corrected chi connectivity index (χ3v) is 1.47. The molecule has 3 heteroatoms. The first-order valence-electron chi connectivity index (χ1n) is 3.29. The molecule has 1 aromatic heterocycles. The van der Waals surface area contributed by atoms with E-state index in [-0.39, 0.29) is 6.04 Å². The zero-order valence-electron chi connectivity index (χ0n) is 6.00. The average Bonchev–Trinajstić information content (AvgIpc) is 2.43. The van der Waals surface area contributed by atoms with Crippen molar-refractivity contribution in [2.45, 2.75) is 6.04 Å². The Hall–Kier alpha value is -0.800. The van der Waals surface area contributed by atoms with Gasteiger partial charge in [0.1, 0.15) is 5.76 Å². The average molecular weight is 140 g/mol. The quantitative estimate of drug-likeness (QED) is 0.642. The van der Waals surface area contributed by atoms with Crippen LogP contribution in [0.2, 0.25) is 0 Å². The molecule has 0 amide bonds. The summed E-state index contributed by atoms with van der Waals surface area (Å²) in [6.45, 7) is 0.560. The third kappa shape index (κ3) is 1.37. The number of likely N-dealkylation sites (N-methyl/N-ethyl adjacent to an activating group) is 1. The molecule has 0 aromatic carbocycles. The maximum absolute atomic E-state index is 5.45. The van der Waals surface area contributed by atoms with Gasteiger partial charge in [-0.3, -0.25) is 0 Å². The second kappa shape index (κ2) is 3.39. The number of furan rings is 1. The summed E-state index contributed by atoms with van der Waals surface area (Å²) in [6.07, 6.45) is 1.65. The van der Waals surface area contributed by atoms with E-state index < -0.39 is 0 Å². The smallest absolute Gasteiger partial charge is 0.121 e. The van der Waals surface area contributed by atoms with Crippen LogP contribution in [0.5, 0.6) is 0 Å². The summed E-state index contributed by atoms with van der Waals surface area (Å²) in [7, 11) is 1.86. The molecule has 1 unspecified atom stereocenters. The molecule has 3 N–H and O–H groups in total. The van der Waals surface area contributed by atoms with Gasteiger partial charge in [0.25, 0.3) is 0 Å². The number of rotatable bonds is 3. The van der Waals surface area contributed by atoms with Crippen molar-refractivity contribution in [1.82, 2.24) is 5.32 Å². The molecule has 0 aliphatic carbocycles. The number of hydrogen-bond acceptors (Lipinski definition) is 3. The highest BCUT2D eigenvalue weighted by atomic mass is 16.3. The molecule has 1 rings (SSSR count). The summed E-state index contributed by atoms with van der Waals surface area (Å²) in [4.78, 5) is 0. The van der Waals surface area contributed by atoms with Gasteiger partial charge in [0.05, 0.1) is 12.3 Å². The van der Waals surface area contributed by atoms with Crippen LogP contribution in [0.4, 0.5) is 0 Å². The van der Waals surface area contributed by atoms with Crippen molar-refractivity contribution in [1.29, 1.82) is 0 Å². The van der Waals surface area contributed by atoms with Gasteiger partial charge >= 0.3 is 0 Å². The van der Waals surface area contributed by atoms with Gasteiger partial charge in [-0.05, 0) is 19.2 Å². The Kier molecular flexibility index (Phi) is 2.48. The lowest BCUT2D eigenvalue weighted by atomic mass is 10.2. The molecule has 0 bridgehead atoms. The highest BCUT2D eigenvalue weighted by Crippen LogP contribution is 2.10. The van der Waals surface area contributed by atoms with E-state index in [1.165, 1.54) is 0 Å². The Morgan fingerprint density at radius 3 is 3.00 bits per heavy atom. The lowest BCUT2D eigenvalue weighted by Gasteiger charge is -2.08. The van der Waals surface area contributed by atoms with Crippen LogP contribution in [0.25, 0.3) is 0 Å². The Balaban J connectivity index is 2.64. The Morgan fingerprint density at radius 1 is 1.80 bits per heavy atom. The second-order valence-electron chi connectivity index (χ2n) is 2.09. The topological polar surface area (TPSA) is 51.2 Å². The first kappa shape index (κ1) is 7.31. The molecule has 3 nitrogen and oxygen atoms in total. The summed E-state index contributed by atoms with van der Waals surface area (Å²) in [5.74, 6) is 0.894. The summed E-state index contributed by atoms with van der Waals surface area (Å²) in [5.41, 5.74) is 5.45. The standard InChI is InChI=1S/C7H12N2O/c1-9-6(5-8)7-3-2-4-10-7/h2-4,6,9H,5,8H2,1H3. The zero-order chi connectivity index (χ0) is 7.40. The highest BCUT2D eigenvalue weighted by molar-refractivity contribution is 5.04. The molecule has 56 valence electrons. The predicted molar refractivity (Wildman–Crippen MR) is 39.6 cm³/mol. The van der Waals surface area contributed by atoms with Crippen molar-refractivity contribution in [3.8, 4) is 0 Å². The number of hydrogen-bond donors (Lipinski definition) is 2. The molecule has 0 saturated carbocycles. The molecule has 1 heterocycles. The van der Waals surface area contributed by atoms with Gasteiger partial charge in [0, 0.05) is 6.54 Å². The van der Waals surface area contributed by atoms with Crippen molar-refractivity contribution < 1.29 is 4.42 Å². The number of nitrogens with one attached hydrogen (secondary N) is 1. The van der Waals surface area contributed by atoms with Gasteiger partial charge in [-0.15, -0.1) is 0 Å². The van der Waals surface area contributed by atoms with E-state index in [4.69, 9.17) is 10.2 Å². The Bertz CT molecular complexity index is 168. The minimum absolute atomic E-state index is 0.148. The molecule has 10 heavy (non-hydrogen) atoms. The molecule has 0 radical (unpaired) electrons. The summed E-state index contributed by atoms with van der Waals surface area (Å²) >= 11 is 0. The molecule has 1 aromatic rings. The van der Waals surface area contributed by atoms with E-state index in [2.05, 4.69) is 5.32 Å². The van der Waals surface area contributed by atoms with Crippen molar-refractivity contribution in [3.05, 3.63) is 24.2 Å². The minimum atomic E-state index is 0.148. The fraction of sp³-hybridized carbons (Fsp3) is 0.429. The SMILES string of the molecule is CNC(CN)c1ccco1. The summed E-state index contributed by atoms with van der Waals surface area (Å²) < 4.78 is 5.13. The summed E-state index contributed by atoms with van der Waals surface area (Å²) in [5, 5.41) is 3.04. The van der Waals surface area contributed by atoms with Gasteiger partial charge < -0.3 is 15.5 Å². The van der Waals surface area contributed by atoms with Crippen LogP contribution in [0, 0.1) is 0 Å². The Morgan fingerprint density at radius 2 is 2.60 bits per heavy atom. The van der Waals surface area contributed by atoms with E-state index in [1.54, 1.807) is 6.26 Å². The van der Waals surface area contributed by atoms with Crippen LogP contribution in [0.15, 0.2) is 22.8 Å². The van der Waals surface area contributed by atoms with E-state index >= 15 is 0 Å². The van der Waals surface area contributed by atoms with Crippen LogP contribution < -0.4 is 11.1 Å². The van der Waals surface area contributed by atoms with Crippen LogP contribution in [-0.2, 0) is 0 Å². The monoisotopic (exact) mass is 140 g/mol. The molecule has 0 saturated heterocycles. The van der Waals surface area contributed by atoms with E-state index in [1.807, 2.05) is 19.2 Å². The van der Waals surface area contributed by atoms with E-state index in [9.17, 15) is 0 Å². The molecule has 1 atom stereocenters.